The number of nitrogens with zero attached hydrogens (tertiary/aromatic N) is 6. The van der Waals surface area contributed by atoms with Gasteiger partial charge in [-0.2, -0.15) is 12.1 Å². The molecule has 340 valence electrons. The Hall–Kier alpha value is -7.60. The van der Waals surface area contributed by atoms with E-state index in [1.54, 1.807) is 0 Å². The van der Waals surface area contributed by atoms with Crippen LogP contribution in [0.4, 0.5) is 22.7 Å². The minimum absolute atomic E-state index is 0. The largest absolute Gasteiger partial charge is 0.509 e. The van der Waals surface area contributed by atoms with Gasteiger partial charge in [0.15, 0.2) is 0 Å². The summed E-state index contributed by atoms with van der Waals surface area (Å²) in [6.07, 6.45) is 2.00. The fourth-order valence-corrected chi connectivity index (χ4v) is 10.9. The number of aryl methyl sites for hydroxylation is 3. The first-order valence-electron chi connectivity index (χ1n) is 23.2. The van der Waals surface area contributed by atoms with E-state index < -0.39 is 0 Å². The number of ether oxygens (including phenoxy) is 1. The Morgan fingerprint density at radius 3 is 1.84 bits per heavy atom. The summed E-state index contributed by atoms with van der Waals surface area (Å²) in [5.41, 5.74) is 15.4. The molecular weight excluding hydrogens is 1030 g/mol. The average molecular weight is 1080 g/mol. The Bertz CT molecular complexity index is 3930. The van der Waals surface area contributed by atoms with E-state index >= 15 is 0 Å². The normalized spacial score (nSPS) is 12.8. The molecule has 0 spiro atoms. The van der Waals surface area contributed by atoms with Crippen molar-refractivity contribution in [2.75, 3.05) is 9.80 Å². The van der Waals surface area contributed by atoms with E-state index in [2.05, 4.69) is 224 Å². The molecule has 8 heteroatoms. The fraction of sp³-hybridized carbons (Fsp3) is 0.115. The van der Waals surface area contributed by atoms with Crippen LogP contribution in [0.15, 0.2) is 170 Å². The van der Waals surface area contributed by atoms with Crippen LogP contribution in [0.25, 0.3) is 82.4 Å². The second kappa shape index (κ2) is 16.0. The van der Waals surface area contributed by atoms with Crippen molar-refractivity contribution < 1.29 is 25.8 Å². The van der Waals surface area contributed by atoms with Crippen molar-refractivity contribution in [2.45, 2.75) is 33.1 Å². The van der Waals surface area contributed by atoms with Gasteiger partial charge < -0.3 is 28.2 Å². The molecule has 0 saturated heterocycles. The Kier molecular flexibility index (Phi) is 9.91. The summed E-state index contributed by atoms with van der Waals surface area (Å²) in [5.74, 6) is 2.03. The van der Waals surface area contributed by atoms with Crippen LogP contribution < -0.4 is 14.5 Å². The van der Waals surface area contributed by atoms with E-state index in [1.165, 1.54) is 49.2 Å². The van der Waals surface area contributed by atoms with Crippen molar-refractivity contribution in [3.8, 4) is 28.4 Å². The molecule has 69 heavy (non-hydrogen) atoms. The molecule has 0 saturated carbocycles. The fourth-order valence-electron chi connectivity index (χ4n) is 10.9. The molecule has 0 radical (unpaired) electrons. The molecule has 7 nitrogen and oxygen atoms in total. The average Bonchev–Trinajstić information content (AvgIpc) is 4.07. The number of hydrogen-bond acceptors (Lipinski definition) is 4. The zero-order chi connectivity index (χ0) is 46.0. The topological polar surface area (TPSA) is 43.4 Å². The van der Waals surface area contributed by atoms with E-state index in [4.69, 9.17) is 9.72 Å². The van der Waals surface area contributed by atoms with Gasteiger partial charge >= 0.3 is 0 Å². The van der Waals surface area contributed by atoms with Gasteiger partial charge in [-0.05, 0) is 70.8 Å². The first-order valence-corrected chi connectivity index (χ1v) is 23.2. The molecule has 0 unspecified atom stereocenters. The van der Waals surface area contributed by atoms with Crippen molar-refractivity contribution in [1.29, 1.82) is 0 Å². The number of para-hydroxylation sites is 5. The van der Waals surface area contributed by atoms with E-state index in [0.717, 1.165) is 67.1 Å². The minimum Gasteiger partial charge on any atom is -0.509 e. The minimum atomic E-state index is -0.122. The predicted molar refractivity (Wildman–Crippen MR) is 281 cm³/mol. The van der Waals surface area contributed by atoms with Crippen molar-refractivity contribution in [1.82, 2.24) is 18.7 Å². The van der Waals surface area contributed by atoms with Gasteiger partial charge in [-0.15, -0.1) is 48.1 Å². The molecule has 0 fully saturated rings. The van der Waals surface area contributed by atoms with Crippen molar-refractivity contribution in [3.05, 3.63) is 200 Å². The van der Waals surface area contributed by atoms with Gasteiger partial charge in [0.05, 0.1) is 16.7 Å². The number of fused-ring (bicyclic) bond motifs is 10. The molecule has 1 aliphatic heterocycles. The van der Waals surface area contributed by atoms with Crippen molar-refractivity contribution in [3.63, 3.8) is 0 Å². The maximum atomic E-state index is 6.78. The standard InChI is InChI=1S/C61H47N6O.Pt/c1-38-32-56(62-36-49(38)39-18-8-7-9-19-39)67-55-34-42(30-31-45(55)46-24-17-25-50(57(46)67)61(2,3)4)68-41-21-16-20-40(33-41)65-37-66(54-29-15-14-28-53(54)65)60-58-47(43-22-10-12-26-51(43)63(58)5)35-48-44-23-11-13-27-52(44)64(6)59(48)60;/h7-32,35-37H,1-6H3;/q-3;. The van der Waals surface area contributed by atoms with Crippen LogP contribution in [0.5, 0.6) is 11.5 Å². The number of aromatic nitrogens is 4. The molecule has 0 N–H and O–H groups in total. The molecule has 0 atom stereocenters. The molecule has 4 aromatic heterocycles. The molecule has 0 amide bonds. The van der Waals surface area contributed by atoms with Gasteiger partial charge in [0.2, 0.25) is 0 Å². The first kappa shape index (κ1) is 42.7. The van der Waals surface area contributed by atoms with Crippen LogP contribution in [-0.4, -0.2) is 18.7 Å². The van der Waals surface area contributed by atoms with Crippen LogP contribution in [0.2, 0.25) is 0 Å². The van der Waals surface area contributed by atoms with Crippen molar-refractivity contribution >= 4 is 88.2 Å². The van der Waals surface area contributed by atoms with Gasteiger partial charge in [-0.3, -0.25) is 0 Å². The van der Waals surface area contributed by atoms with Crippen molar-refractivity contribution in [2.24, 2.45) is 14.1 Å². The third-order valence-electron chi connectivity index (χ3n) is 14.0. The Morgan fingerprint density at radius 2 is 1.16 bits per heavy atom. The summed E-state index contributed by atoms with van der Waals surface area (Å²) in [6, 6.07) is 65.4. The maximum absolute atomic E-state index is 6.78. The Balaban J connectivity index is 0.00000492. The third-order valence-corrected chi connectivity index (χ3v) is 14.0. The maximum Gasteiger partial charge on any atom is 0.135 e. The Labute approximate surface area is 415 Å². The van der Waals surface area contributed by atoms with Crippen LogP contribution in [-0.2, 0) is 40.6 Å². The quantitative estimate of drug-likeness (QED) is 0.156. The summed E-state index contributed by atoms with van der Waals surface area (Å²) >= 11 is 0. The molecule has 5 heterocycles. The van der Waals surface area contributed by atoms with E-state index in [1.807, 2.05) is 30.5 Å². The predicted octanol–water partition coefficient (Wildman–Crippen LogP) is 15.5. The van der Waals surface area contributed by atoms with Gasteiger partial charge in [0.1, 0.15) is 5.82 Å². The van der Waals surface area contributed by atoms with Crippen LogP contribution in [0.1, 0.15) is 31.9 Å². The molecule has 12 aromatic rings. The summed E-state index contributed by atoms with van der Waals surface area (Å²) in [6.45, 7) is 11.2. The molecule has 8 aromatic carbocycles. The SMILES string of the molecule is Cc1cc(-n2c3[c-]c(Oc4[c-]c(N5[CH-]N(c6c7c(cc8c9ccccc9n(C)c68)c6ccccc6n7C)c6ccccc65)ccc4)ccc3c3cccc(C(C)(C)C)c32)ncc1-c1ccccc1.[Pt]. The molecular formula is C61H47N6OPt-3. The zero-order valence-corrected chi connectivity index (χ0v) is 41.4. The molecule has 13 rings (SSSR count). The zero-order valence-electron chi connectivity index (χ0n) is 39.2. The summed E-state index contributed by atoms with van der Waals surface area (Å²) in [4.78, 5) is 9.74. The van der Waals surface area contributed by atoms with E-state index in [9.17, 15) is 0 Å². The number of hydrogen-bond donors (Lipinski definition) is 0. The Morgan fingerprint density at radius 1 is 0.551 bits per heavy atom. The monoisotopic (exact) mass is 1070 g/mol. The smallest absolute Gasteiger partial charge is 0.135 e. The van der Waals surface area contributed by atoms with E-state index in [-0.39, 0.29) is 26.5 Å². The van der Waals surface area contributed by atoms with Crippen LogP contribution in [0, 0.1) is 25.7 Å². The summed E-state index contributed by atoms with van der Waals surface area (Å²) < 4.78 is 13.8. The van der Waals surface area contributed by atoms with Crippen LogP contribution >= 0.6 is 0 Å². The number of anilines is 4. The number of benzene rings is 8. The second-order valence-electron chi connectivity index (χ2n) is 19.1. The third kappa shape index (κ3) is 6.55. The second-order valence-corrected chi connectivity index (χ2v) is 19.1. The van der Waals surface area contributed by atoms with Gasteiger partial charge in [-0.1, -0.05) is 123 Å². The van der Waals surface area contributed by atoms with Gasteiger partial charge in [-0.25, -0.2) is 4.98 Å². The first-order chi connectivity index (χ1) is 33.1. The number of pyridine rings is 1. The van der Waals surface area contributed by atoms with E-state index in [0.29, 0.717) is 11.5 Å². The molecule has 0 bridgehead atoms. The van der Waals surface area contributed by atoms with Gasteiger partial charge in [0, 0.05) is 108 Å². The molecule has 1 aliphatic rings. The number of rotatable bonds is 6. The van der Waals surface area contributed by atoms with Crippen LogP contribution in [0.3, 0.4) is 0 Å². The molecule has 0 aliphatic carbocycles. The van der Waals surface area contributed by atoms with Gasteiger partial charge in [0.25, 0.3) is 0 Å². The summed E-state index contributed by atoms with van der Waals surface area (Å²) in [7, 11) is 4.38. The summed E-state index contributed by atoms with van der Waals surface area (Å²) in [5, 5.41) is 7.17.